The maximum atomic E-state index is 6.28. The van der Waals surface area contributed by atoms with Gasteiger partial charge < -0.3 is 9.47 Å². The van der Waals surface area contributed by atoms with E-state index in [0.717, 1.165) is 23.0 Å². The molecular formula is C24H17O2Si. The van der Waals surface area contributed by atoms with Gasteiger partial charge in [0, 0.05) is 0 Å². The zero-order chi connectivity index (χ0) is 18.1. The second-order valence-electron chi connectivity index (χ2n) is 6.38. The first-order chi connectivity index (χ1) is 13.4. The lowest BCUT2D eigenvalue weighted by Crippen LogP contribution is -2.55. The molecule has 0 saturated carbocycles. The molecule has 0 amide bonds. The van der Waals surface area contributed by atoms with Crippen molar-refractivity contribution in [3.8, 4) is 23.0 Å². The van der Waals surface area contributed by atoms with Crippen LogP contribution in [0.3, 0.4) is 0 Å². The zero-order valence-corrected chi connectivity index (χ0v) is 15.6. The maximum absolute atomic E-state index is 6.28. The first-order valence-electron chi connectivity index (χ1n) is 8.96. The average Bonchev–Trinajstić information content (AvgIpc) is 2.73. The summed E-state index contributed by atoms with van der Waals surface area (Å²) in [5, 5.41) is 3.74. The third-order valence-corrected chi connectivity index (χ3v) is 7.52. The van der Waals surface area contributed by atoms with Crippen molar-refractivity contribution in [1.29, 1.82) is 0 Å². The minimum atomic E-state index is -1.24. The van der Waals surface area contributed by atoms with Gasteiger partial charge in [-0.1, -0.05) is 72.8 Å². The fourth-order valence-electron chi connectivity index (χ4n) is 3.46. The van der Waals surface area contributed by atoms with E-state index in [1.54, 1.807) is 0 Å². The molecule has 0 N–H and O–H groups in total. The third-order valence-electron chi connectivity index (χ3n) is 4.66. The van der Waals surface area contributed by atoms with Gasteiger partial charge in [0.1, 0.15) is 23.0 Å². The first kappa shape index (κ1) is 15.9. The van der Waals surface area contributed by atoms with E-state index < -0.39 is 8.80 Å². The standard InChI is InChI=1S/C24H17O2Si/c1-2-10-18(11-3-1)25-19-12-4-7-15-22(19)27-23-16-8-5-13-20(23)26-21-14-6-9-17-24(21)27/h1-17H. The fourth-order valence-corrected chi connectivity index (χ4v) is 6.26. The van der Waals surface area contributed by atoms with E-state index in [2.05, 4.69) is 54.6 Å². The number of hydrogen-bond acceptors (Lipinski definition) is 2. The van der Waals surface area contributed by atoms with E-state index in [1.165, 1.54) is 15.6 Å². The normalized spacial score (nSPS) is 12.6. The summed E-state index contributed by atoms with van der Waals surface area (Å²) in [6, 6.07) is 35.0. The largest absolute Gasteiger partial charge is 0.458 e. The molecule has 0 saturated heterocycles. The molecule has 0 atom stereocenters. The van der Waals surface area contributed by atoms with Gasteiger partial charge in [-0.15, -0.1) is 0 Å². The molecule has 4 aromatic rings. The van der Waals surface area contributed by atoms with E-state index in [4.69, 9.17) is 9.47 Å². The highest BCUT2D eigenvalue weighted by molar-refractivity contribution is 6.97. The predicted molar refractivity (Wildman–Crippen MR) is 111 cm³/mol. The molecule has 0 aliphatic carbocycles. The Morgan fingerprint density at radius 2 is 1.04 bits per heavy atom. The van der Waals surface area contributed by atoms with Crippen LogP contribution in [0.5, 0.6) is 23.0 Å². The van der Waals surface area contributed by atoms with Crippen LogP contribution in [0.2, 0.25) is 0 Å². The molecule has 0 fully saturated rings. The molecule has 4 aromatic carbocycles. The van der Waals surface area contributed by atoms with Crippen LogP contribution in [0.25, 0.3) is 0 Å². The van der Waals surface area contributed by atoms with Crippen LogP contribution >= 0.6 is 0 Å². The second kappa shape index (κ2) is 6.78. The molecule has 0 aromatic heterocycles. The van der Waals surface area contributed by atoms with Crippen molar-refractivity contribution in [3.63, 3.8) is 0 Å². The highest BCUT2D eigenvalue weighted by Gasteiger charge is 2.32. The number of ether oxygens (including phenoxy) is 2. The van der Waals surface area contributed by atoms with Crippen LogP contribution in [0.15, 0.2) is 103 Å². The van der Waals surface area contributed by atoms with Crippen molar-refractivity contribution in [3.05, 3.63) is 103 Å². The van der Waals surface area contributed by atoms with Gasteiger partial charge in [0.2, 0.25) is 0 Å². The quantitative estimate of drug-likeness (QED) is 0.448. The molecule has 0 bridgehead atoms. The van der Waals surface area contributed by atoms with Gasteiger partial charge in [-0.3, -0.25) is 0 Å². The van der Waals surface area contributed by atoms with E-state index in [9.17, 15) is 0 Å². The van der Waals surface area contributed by atoms with Crippen molar-refractivity contribution >= 4 is 24.4 Å². The number of rotatable bonds is 3. The molecule has 1 aliphatic rings. The molecule has 27 heavy (non-hydrogen) atoms. The monoisotopic (exact) mass is 365 g/mol. The van der Waals surface area contributed by atoms with Crippen LogP contribution < -0.4 is 25.0 Å². The van der Waals surface area contributed by atoms with Gasteiger partial charge in [0.15, 0.2) is 8.80 Å². The number of benzene rings is 4. The van der Waals surface area contributed by atoms with Crippen LogP contribution in [0, 0.1) is 0 Å². The summed E-state index contributed by atoms with van der Waals surface area (Å²) >= 11 is 0. The van der Waals surface area contributed by atoms with Gasteiger partial charge in [-0.2, -0.15) is 0 Å². The molecule has 1 radical (unpaired) electrons. The van der Waals surface area contributed by atoms with Crippen molar-refractivity contribution in [2.45, 2.75) is 0 Å². The summed E-state index contributed by atoms with van der Waals surface area (Å²) < 4.78 is 12.4. The summed E-state index contributed by atoms with van der Waals surface area (Å²) in [5.41, 5.74) is 0. The van der Waals surface area contributed by atoms with E-state index in [-0.39, 0.29) is 0 Å². The molecule has 3 heteroatoms. The Labute approximate surface area is 160 Å². The molecule has 1 heterocycles. The number of fused-ring (bicyclic) bond motifs is 2. The minimum absolute atomic E-state index is 0.848. The van der Waals surface area contributed by atoms with Gasteiger partial charge in [0.25, 0.3) is 0 Å². The van der Waals surface area contributed by atoms with E-state index in [0.29, 0.717) is 0 Å². The maximum Gasteiger partial charge on any atom is 0.169 e. The van der Waals surface area contributed by atoms with Gasteiger partial charge in [0.05, 0.1) is 0 Å². The minimum Gasteiger partial charge on any atom is -0.458 e. The molecule has 0 spiro atoms. The van der Waals surface area contributed by atoms with Crippen LogP contribution in [-0.4, -0.2) is 8.80 Å². The summed E-state index contributed by atoms with van der Waals surface area (Å²) in [6.07, 6.45) is 0. The molecule has 1 aliphatic heterocycles. The summed E-state index contributed by atoms with van der Waals surface area (Å²) in [7, 11) is -1.24. The zero-order valence-electron chi connectivity index (χ0n) is 14.6. The predicted octanol–water partition coefficient (Wildman–Crippen LogP) is 4.10. The Kier molecular flexibility index (Phi) is 4.00. The molecule has 5 rings (SSSR count). The topological polar surface area (TPSA) is 18.5 Å². The lowest BCUT2D eigenvalue weighted by molar-refractivity contribution is 0.484. The highest BCUT2D eigenvalue weighted by Crippen LogP contribution is 2.26. The van der Waals surface area contributed by atoms with Crippen molar-refractivity contribution < 1.29 is 9.47 Å². The lowest BCUT2D eigenvalue weighted by atomic mass is 10.3. The molecule has 0 unspecified atom stereocenters. The van der Waals surface area contributed by atoms with Crippen molar-refractivity contribution in [2.24, 2.45) is 0 Å². The summed E-state index contributed by atoms with van der Waals surface area (Å²) in [6.45, 7) is 0. The van der Waals surface area contributed by atoms with Crippen molar-refractivity contribution in [2.75, 3.05) is 0 Å². The van der Waals surface area contributed by atoms with E-state index in [1.807, 2.05) is 48.5 Å². The fraction of sp³-hybridized carbons (Fsp3) is 0. The number of para-hydroxylation sites is 4. The number of hydrogen-bond donors (Lipinski definition) is 0. The second-order valence-corrected chi connectivity index (χ2v) is 8.75. The Morgan fingerprint density at radius 3 is 1.70 bits per heavy atom. The first-order valence-corrected chi connectivity index (χ1v) is 10.5. The summed E-state index contributed by atoms with van der Waals surface area (Å²) in [5.74, 6) is 3.64. The van der Waals surface area contributed by atoms with E-state index >= 15 is 0 Å². The van der Waals surface area contributed by atoms with Crippen LogP contribution in [0.4, 0.5) is 0 Å². The van der Waals surface area contributed by atoms with Crippen LogP contribution in [0.1, 0.15) is 0 Å². The SMILES string of the molecule is c1ccc(Oc2ccccc2[Si]2c3ccccc3Oc3ccccc32)cc1. The Balaban J connectivity index is 1.67. The Morgan fingerprint density at radius 1 is 0.519 bits per heavy atom. The Hall–Kier alpha value is -3.30. The molecule has 2 nitrogen and oxygen atoms in total. The van der Waals surface area contributed by atoms with Gasteiger partial charge in [-0.05, 0) is 45.9 Å². The Bertz CT molecular complexity index is 1050. The molecular weight excluding hydrogens is 348 g/mol. The van der Waals surface area contributed by atoms with Crippen molar-refractivity contribution in [1.82, 2.24) is 0 Å². The van der Waals surface area contributed by atoms with Gasteiger partial charge in [-0.25, -0.2) is 0 Å². The summed E-state index contributed by atoms with van der Waals surface area (Å²) in [4.78, 5) is 0. The van der Waals surface area contributed by atoms with Crippen LogP contribution in [-0.2, 0) is 0 Å². The smallest absolute Gasteiger partial charge is 0.169 e. The third kappa shape index (κ3) is 2.92. The average molecular weight is 365 g/mol. The highest BCUT2D eigenvalue weighted by atomic mass is 28.3. The van der Waals surface area contributed by atoms with Gasteiger partial charge >= 0.3 is 0 Å². The molecule has 129 valence electrons. The lowest BCUT2D eigenvalue weighted by Gasteiger charge is -2.28.